The Morgan fingerprint density at radius 2 is 2.43 bits per heavy atom. The van der Waals surface area contributed by atoms with Crippen molar-refractivity contribution in [3.05, 3.63) is 28.5 Å². The van der Waals surface area contributed by atoms with E-state index in [-0.39, 0.29) is 12.3 Å². The van der Waals surface area contributed by atoms with Crippen molar-refractivity contribution >= 4 is 17.6 Å². The molecule has 72 valence electrons. The lowest BCUT2D eigenvalue weighted by atomic mass is 10.3. The maximum absolute atomic E-state index is 10.5. The summed E-state index contributed by atoms with van der Waals surface area (Å²) in [5.74, 6) is -0.398. The molecule has 0 aliphatic rings. The highest BCUT2D eigenvalue weighted by molar-refractivity contribution is 6.30. The summed E-state index contributed by atoms with van der Waals surface area (Å²) in [6.45, 7) is 1.33. The van der Waals surface area contributed by atoms with Crippen molar-refractivity contribution in [2.45, 2.75) is 13.5 Å². The highest BCUT2D eigenvalue weighted by atomic mass is 35.5. The first-order valence-corrected chi connectivity index (χ1v) is 4.19. The second-order valence-corrected chi connectivity index (χ2v) is 2.99. The molecule has 4 nitrogen and oxygen atoms in total. The molecule has 0 amide bonds. The molecule has 0 saturated heterocycles. The van der Waals surface area contributed by atoms with E-state index in [1.807, 2.05) is 6.07 Å². The van der Waals surface area contributed by atoms with Crippen molar-refractivity contribution in [2.75, 3.05) is 0 Å². The fraction of sp³-hybridized carbons (Fsp3) is 0.222. The highest BCUT2D eigenvalue weighted by Crippen LogP contribution is 2.12. The zero-order valence-corrected chi connectivity index (χ0v) is 8.21. The molecule has 0 aliphatic carbocycles. The predicted molar refractivity (Wildman–Crippen MR) is 49.4 cm³/mol. The molecule has 0 aromatic carbocycles. The molecule has 0 fully saturated rings. The number of nitriles is 1. The van der Waals surface area contributed by atoms with Gasteiger partial charge in [0.05, 0.1) is 5.69 Å². The van der Waals surface area contributed by atoms with Crippen LogP contribution in [-0.2, 0) is 16.1 Å². The van der Waals surface area contributed by atoms with Gasteiger partial charge in [0.15, 0.2) is 0 Å². The van der Waals surface area contributed by atoms with Crippen LogP contribution in [0.15, 0.2) is 12.1 Å². The first-order valence-electron chi connectivity index (χ1n) is 3.81. The Labute approximate surface area is 86.1 Å². The van der Waals surface area contributed by atoms with Crippen LogP contribution < -0.4 is 0 Å². The molecule has 1 heterocycles. The molecular formula is C9H7ClN2O2. The third-order valence-electron chi connectivity index (χ3n) is 1.38. The summed E-state index contributed by atoms with van der Waals surface area (Å²) in [6, 6.07) is 4.85. The topological polar surface area (TPSA) is 63.0 Å². The molecule has 0 bridgehead atoms. The molecule has 5 heteroatoms. The Bertz CT molecular complexity index is 398. The number of hydrogen-bond donors (Lipinski definition) is 0. The van der Waals surface area contributed by atoms with Gasteiger partial charge in [0.25, 0.3) is 0 Å². The molecule has 0 N–H and O–H groups in total. The number of rotatable bonds is 2. The van der Waals surface area contributed by atoms with Crippen molar-refractivity contribution in [2.24, 2.45) is 0 Å². The Kier molecular flexibility index (Phi) is 3.43. The SMILES string of the molecule is CC(=O)OCc1cc(Cl)cc(C#N)n1. The lowest BCUT2D eigenvalue weighted by Gasteiger charge is -2.01. The third kappa shape index (κ3) is 3.04. The Hall–Kier alpha value is -1.60. The quantitative estimate of drug-likeness (QED) is 0.697. The molecule has 0 radical (unpaired) electrons. The van der Waals surface area contributed by atoms with E-state index in [9.17, 15) is 4.79 Å². The fourth-order valence-electron chi connectivity index (χ4n) is 0.857. The van der Waals surface area contributed by atoms with E-state index in [1.165, 1.54) is 13.0 Å². The molecular weight excluding hydrogens is 204 g/mol. The summed E-state index contributed by atoms with van der Waals surface area (Å²) in [5, 5.41) is 8.99. The monoisotopic (exact) mass is 210 g/mol. The molecule has 0 spiro atoms. The summed E-state index contributed by atoms with van der Waals surface area (Å²) < 4.78 is 4.71. The van der Waals surface area contributed by atoms with Crippen LogP contribution >= 0.6 is 11.6 Å². The van der Waals surface area contributed by atoms with Crippen molar-refractivity contribution < 1.29 is 9.53 Å². The second kappa shape index (κ2) is 4.58. The number of pyridine rings is 1. The molecule has 1 rings (SSSR count). The van der Waals surface area contributed by atoms with Crippen LogP contribution in [0.5, 0.6) is 0 Å². The number of carbonyl (C=O) groups excluding carboxylic acids is 1. The van der Waals surface area contributed by atoms with Gasteiger partial charge in [-0.05, 0) is 12.1 Å². The minimum Gasteiger partial charge on any atom is -0.459 e. The van der Waals surface area contributed by atoms with Crippen molar-refractivity contribution in [3.8, 4) is 6.07 Å². The summed E-state index contributed by atoms with van der Waals surface area (Å²) in [5.41, 5.74) is 0.670. The largest absolute Gasteiger partial charge is 0.459 e. The zero-order valence-electron chi connectivity index (χ0n) is 7.45. The summed E-state index contributed by atoms with van der Waals surface area (Å²) in [4.78, 5) is 14.4. The highest BCUT2D eigenvalue weighted by Gasteiger charge is 2.02. The minimum absolute atomic E-state index is 0.0323. The van der Waals surface area contributed by atoms with Gasteiger partial charge in [-0.15, -0.1) is 0 Å². The molecule has 0 unspecified atom stereocenters. The number of carbonyl (C=O) groups is 1. The first-order chi connectivity index (χ1) is 6.61. The van der Waals surface area contributed by atoms with Crippen molar-refractivity contribution in [3.63, 3.8) is 0 Å². The van der Waals surface area contributed by atoms with Gasteiger partial charge in [0.2, 0.25) is 0 Å². The molecule has 0 saturated carbocycles. The summed E-state index contributed by atoms with van der Waals surface area (Å²) in [6.07, 6.45) is 0. The van der Waals surface area contributed by atoms with E-state index in [2.05, 4.69) is 4.98 Å². The maximum Gasteiger partial charge on any atom is 0.303 e. The Morgan fingerprint density at radius 1 is 1.71 bits per heavy atom. The standard InChI is InChI=1S/C9H7ClN2O2/c1-6(13)14-5-9-3-7(10)2-8(4-11)12-9/h2-3H,5H2,1H3. The van der Waals surface area contributed by atoms with Gasteiger partial charge < -0.3 is 4.74 Å². The van der Waals surface area contributed by atoms with E-state index in [0.29, 0.717) is 10.7 Å². The molecule has 0 atom stereocenters. The maximum atomic E-state index is 10.5. The van der Waals surface area contributed by atoms with E-state index in [1.54, 1.807) is 6.07 Å². The van der Waals surface area contributed by atoms with Gasteiger partial charge in [-0.25, -0.2) is 4.98 Å². The number of esters is 1. The van der Waals surface area contributed by atoms with Gasteiger partial charge >= 0.3 is 5.97 Å². The molecule has 14 heavy (non-hydrogen) atoms. The number of halogens is 1. The van der Waals surface area contributed by atoms with E-state index in [0.717, 1.165) is 0 Å². The number of nitrogens with zero attached hydrogens (tertiary/aromatic N) is 2. The van der Waals surface area contributed by atoms with Gasteiger partial charge in [0.1, 0.15) is 18.4 Å². The van der Waals surface area contributed by atoms with Gasteiger partial charge in [-0.2, -0.15) is 5.26 Å². The minimum atomic E-state index is -0.398. The van der Waals surface area contributed by atoms with Crippen LogP contribution in [0.4, 0.5) is 0 Å². The normalized spacial score (nSPS) is 9.21. The molecule has 0 aliphatic heterocycles. The second-order valence-electron chi connectivity index (χ2n) is 2.55. The molecule has 1 aromatic heterocycles. The van der Waals surface area contributed by atoms with Gasteiger partial charge in [0, 0.05) is 11.9 Å². The number of hydrogen-bond acceptors (Lipinski definition) is 4. The average Bonchev–Trinajstić information content (AvgIpc) is 2.14. The Balaban J connectivity index is 2.82. The summed E-state index contributed by atoms with van der Waals surface area (Å²) >= 11 is 5.71. The van der Waals surface area contributed by atoms with Crippen LogP contribution in [0.1, 0.15) is 18.3 Å². The van der Waals surface area contributed by atoms with Crippen molar-refractivity contribution in [1.82, 2.24) is 4.98 Å². The summed E-state index contributed by atoms with van der Waals surface area (Å²) in [7, 11) is 0. The van der Waals surface area contributed by atoms with Crippen molar-refractivity contribution in [1.29, 1.82) is 5.26 Å². The van der Waals surface area contributed by atoms with E-state index < -0.39 is 5.97 Å². The van der Waals surface area contributed by atoms with E-state index >= 15 is 0 Å². The van der Waals surface area contributed by atoms with E-state index in [4.69, 9.17) is 21.6 Å². The fourth-order valence-corrected chi connectivity index (χ4v) is 1.09. The predicted octanol–water partition coefficient (Wildman–Crippen LogP) is 1.67. The van der Waals surface area contributed by atoms with Crippen LogP contribution in [-0.4, -0.2) is 11.0 Å². The van der Waals surface area contributed by atoms with Crippen LogP contribution in [0.2, 0.25) is 5.02 Å². The lowest BCUT2D eigenvalue weighted by molar-refractivity contribution is -0.142. The number of ether oxygens (including phenoxy) is 1. The van der Waals surface area contributed by atoms with Gasteiger partial charge in [-0.3, -0.25) is 4.79 Å². The van der Waals surface area contributed by atoms with Crippen LogP contribution in [0.3, 0.4) is 0 Å². The molecule has 1 aromatic rings. The Morgan fingerprint density at radius 3 is 3.00 bits per heavy atom. The van der Waals surface area contributed by atoms with Gasteiger partial charge in [-0.1, -0.05) is 11.6 Å². The third-order valence-corrected chi connectivity index (χ3v) is 1.60. The van der Waals surface area contributed by atoms with Crippen LogP contribution in [0.25, 0.3) is 0 Å². The lowest BCUT2D eigenvalue weighted by Crippen LogP contribution is -2.01. The number of aromatic nitrogens is 1. The first kappa shape index (κ1) is 10.5. The zero-order chi connectivity index (χ0) is 10.6. The van der Waals surface area contributed by atoms with Crippen LogP contribution in [0, 0.1) is 11.3 Å². The smallest absolute Gasteiger partial charge is 0.303 e. The average molecular weight is 211 g/mol.